The largest absolute Gasteiger partial charge is 0.341 e. The summed E-state index contributed by atoms with van der Waals surface area (Å²) in [6, 6.07) is 9.20. The zero-order valence-corrected chi connectivity index (χ0v) is 16.7. The van der Waals surface area contributed by atoms with Crippen LogP contribution < -0.4 is 10.6 Å². The van der Waals surface area contributed by atoms with Crippen molar-refractivity contribution in [2.45, 2.75) is 19.3 Å². The topological polar surface area (TPSA) is 58.9 Å². The van der Waals surface area contributed by atoms with E-state index in [1.165, 1.54) is 0 Å². The normalized spacial score (nSPS) is 14.0. The Morgan fingerprint density at radius 3 is 2.73 bits per heavy atom. The molecule has 0 fully saturated rings. The summed E-state index contributed by atoms with van der Waals surface area (Å²) < 4.78 is 31.2. The number of alkyl halides is 2. The van der Waals surface area contributed by atoms with Crippen LogP contribution in [0.3, 0.4) is 0 Å². The number of nitrogens with one attached hydrogen (secondary N) is 1. The van der Waals surface area contributed by atoms with Crippen LogP contribution in [0.2, 0.25) is 0 Å². The molecule has 0 amide bonds. The Bertz CT molecular complexity index is 1320. The second kappa shape index (κ2) is 6.83. The monoisotopic (exact) mass is 409 g/mol. The molecule has 154 valence electrons. The van der Waals surface area contributed by atoms with Crippen molar-refractivity contribution in [2.75, 3.05) is 11.4 Å². The van der Waals surface area contributed by atoms with E-state index in [2.05, 4.69) is 15.0 Å². The molecule has 6 nitrogen and oxygen atoms in total. The van der Waals surface area contributed by atoms with Gasteiger partial charge in [-0.2, -0.15) is 5.10 Å². The van der Waals surface area contributed by atoms with Gasteiger partial charge in [0.25, 0.3) is 6.43 Å². The number of rotatable bonds is 3. The Hall–Kier alpha value is -3.42. The highest BCUT2D eigenvalue weighted by Crippen LogP contribution is 2.41. The number of nitrogens with zero attached hydrogens (tertiary/aromatic N) is 4. The summed E-state index contributed by atoms with van der Waals surface area (Å²) in [5, 5.41) is 4.14. The van der Waals surface area contributed by atoms with Crippen LogP contribution in [-0.4, -0.2) is 25.9 Å². The van der Waals surface area contributed by atoms with Gasteiger partial charge in [0.1, 0.15) is 0 Å². The lowest BCUT2D eigenvalue weighted by Gasteiger charge is -2.32. The van der Waals surface area contributed by atoms with Crippen molar-refractivity contribution in [1.82, 2.24) is 19.3 Å². The number of hydrogen-bond acceptors (Lipinski definition) is 3. The van der Waals surface area contributed by atoms with Crippen LogP contribution in [0, 0.1) is 0 Å². The lowest BCUT2D eigenvalue weighted by atomic mass is 9.93. The molecule has 1 N–H and O–H groups in total. The number of hydrogen-bond donors (Lipinski definition) is 1. The first-order valence-electron chi connectivity index (χ1n) is 9.82. The van der Waals surface area contributed by atoms with Crippen molar-refractivity contribution >= 4 is 22.4 Å². The third kappa shape index (κ3) is 2.91. The number of imidazole rings is 1. The number of aryl methyl sites for hydroxylation is 3. The maximum atomic E-state index is 14.0. The lowest BCUT2D eigenvalue weighted by Crippen LogP contribution is -2.25. The van der Waals surface area contributed by atoms with Gasteiger partial charge in [-0.3, -0.25) is 9.25 Å². The van der Waals surface area contributed by atoms with Gasteiger partial charge >= 0.3 is 5.69 Å². The second-order valence-corrected chi connectivity index (χ2v) is 7.72. The molecule has 1 aliphatic rings. The fourth-order valence-corrected chi connectivity index (χ4v) is 4.29. The number of fused-ring (bicyclic) bond motifs is 2. The molecule has 2 aromatic heterocycles. The first-order valence-corrected chi connectivity index (χ1v) is 9.82. The van der Waals surface area contributed by atoms with Gasteiger partial charge in [-0.15, -0.1) is 0 Å². The average Bonchev–Trinajstić information content (AvgIpc) is 3.29. The fraction of sp³-hybridized carbons (Fsp3) is 0.273. The minimum atomic E-state index is -2.60. The van der Waals surface area contributed by atoms with Gasteiger partial charge in [0.05, 0.1) is 17.2 Å². The van der Waals surface area contributed by atoms with E-state index in [0.717, 1.165) is 47.4 Å². The minimum Gasteiger partial charge on any atom is -0.341 e. The molecule has 0 unspecified atom stereocenters. The van der Waals surface area contributed by atoms with E-state index in [0.29, 0.717) is 11.1 Å². The summed E-state index contributed by atoms with van der Waals surface area (Å²) in [7, 11) is 3.49. The molecule has 2 aromatic carbocycles. The number of H-pyrrole nitrogens is 1. The maximum absolute atomic E-state index is 14.0. The van der Waals surface area contributed by atoms with E-state index in [1.807, 2.05) is 24.3 Å². The van der Waals surface area contributed by atoms with E-state index in [4.69, 9.17) is 0 Å². The summed E-state index contributed by atoms with van der Waals surface area (Å²) in [6.07, 6.45) is 2.52. The van der Waals surface area contributed by atoms with E-state index in [-0.39, 0.29) is 11.3 Å². The number of aromatic nitrogens is 4. The van der Waals surface area contributed by atoms with Crippen molar-refractivity contribution in [3.8, 4) is 11.1 Å². The molecule has 0 aliphatic carbocycles. The number of aromatic amines is 1. The van der Waals surface area contributed by atoms with Crippen LogP contribution in [-0.2, 0) is 20.5 Å². The van der Waals surface area contributed by atoms with Crippen molar-refractivity contribution < 1.29 is 8.78 Å². The fourth-order valence-electron chi connectivity index (χ4n) is 4.29. The summed E-state index contributed by atoms with van der Waals surface area (Å²) in [6.45, 7) is 0.728. The van der Waals surface area contributed by atoms with Crippen LogP contribution in [0.1, 0.15) is 24.0 Å². The molecular formula is C22H21F2N5O. The van der Waals surface area contributed by atoms with E-state index in [1.54, 1.807) is 41.8 Å². The van der Waals surface area contributed by atoms with Crippen molar-refractivity contribution in [3.63, 3.8) is 0 Å². The smallest absolute Gasteiger partial charge is 0.326 e. The van der Waals surface area contributed by atoms with E-state index < -0.39 is 6.43 Å². The standard InChI is InChI=1S/C22H21F2N5O/c1-27-12-14(11-25-27)16-8-13-4-3-7-29(19(13)10-17(16)21(23)24)15-5-6-18-20(9-15)28(2)22(30)26-18/h5-6,8-12,21H,3-4,7H2,1-2H3,(H,26,30). The zero-order chi connectivity index (χ0) is 21.0. The molecule has 5 rings (SSSR count). The summed E-state index contributed by atoms with van der Waals surface area (Å²) in [5.74, 6) is 0. The van der Waals surface area contributed by atoms with Gasteiger partial charge in [0, 0.05) is 49.3 Å². The molecule has 30 heavy (non-hydrogen) atoms. The molecule has 0 spiro atoms. The predicted octanol–water partition coefficient (Wildman–Crippen LogP) is 4.29. The van der Waals surface area contributed by atoms with Crippen LogP contribution in [0.5, 0.6) is 0 Å². The third-order valence-electron chi connectivity index (χ3n) is 5.82. The van der Waals surface area contributed by atoms with E-state index in [9.17, 15) is 13.6 Å². The number of anilines is 2. The number of benzene rings is 2. The van der Waals surface area contributed by atoms with Gasteiger partial charge < -0.3 is 9.88 Å². The number of halogens is 2. The van der Waals surface area contributed by atoms with Gasteiger partial charge in [0.2, 0.25) is 0 Å². The van der Waals surface area contributed by atoms with Crippen LogP contribution in [0.4, 0.5) is 20.2 Å². The average molecular weight is 409 g/mol. The first-order chi connectivity index (χ1) is 14.4. The van der Waals surface area contributed by atoms with Gasteiger partial charge in [-0.05, 0) is 54.3 Å². The summed E-state index contributed by atoms with van der Waals surface area (Å²) in [4.78, 5) is 16.8. The van der Waals surface area contributed by atoms with Crippen molar-refractivity contribution in [1.29, 1.82) is 0 Å². The van der Waals surface area contributed by atoms with Crippen LogP contribution >= 0.6 is 0 Å². The van der Waals surface area contributed by atoms with Gasteiger partial charge in [-0.1, -0.05) is 0 Å². The van der Waals surface area contributed by atoms with Gasteiger partial charge in [0.15, 0.2) is 0 Å². The zero-order valence-electron chi connectivity index (χ0n) is 16.7. The first kappa shape index (κ1) is 18.6. The molecule has 1 aliphatic heterocycles. The SMILES string of the molecule is Cn1cc(-c2cc3c(cc2C(F)F)N(c2ccc4[nH]c(=O)n(C)c4c2)CCC3)cn1. The predicted molar refractivity (Wildman–Crippen MR) is 112 cm³/mol. The second-order valence-electron chi connectivity index (χ2n) is 7.72. The van der Waals surface area contributed by atoms with Gasteiger partial charge in [-0.25, -0.2) is 13.6 Å². The summed E-state index contributed by atoms with van der Waals surface area (Å²) in [5.41, 5.74) is 5.29. The van der Waals surface area contributed by atoms with Crippen LogP contribution in [0.25, 0.3) is 22.2 Å². The Balaban J connectivity index is 1.66. The van der Waals surface area contributed by atoms with Crippen molar-refractivity contribution in [2.24, 2.45) is 14.1 Å². The molecular weight excluding hydrogens is 388 g/mol. The minimum absolute atomic E-state index is 0.00349. The molecule has 4 aromatic rings. The molecule has 3 heterocycles. The third-order valence-corrected chi connectivity index (χ3v) is 5.82. The highest BCUT2D eigenvalue weighted by Gasteiger charge is 2.25. The van der Waals surface area contributed by atoms with E-state index >= 15 is 0 Å². The molecule has 8 heteroatoms. The summed E-state index contributed by atoms with van der Waals surface area (Å²) >= 11 is 0. The Morgan fingerprint density at radius 1 is 1.17 bits per heavy atom. The maximum Gasteiger partial charge on any atom is 0.326 e. The molecule has 0 radical (unpaired) electrons. The Kier molecular flexibility index (Phi) is 4.23. The van der Waals surface area contributed by atoms with Crippen LogP contribution in [0.15, 0.2) is 47.5 Å². The Morgan fingerprint density at radius 2 is 2.00 bits per heavy atom. The van der Waals surface area contributed by atoms with Crippen molar-refractivity contribution in [3.05, 3.63) is 64.3 Å². The highest BCUT2D eigenvalue weighted by atomic mass is 19.3. The molecule has 0 bridgehead atoms. The molecule has 0 atom stereocenters. The Labute approximate surface area is 171 Å². The molecule has 0 saturated heterocycles. The molecule has 0 saturated carbocycles. The quantitative estimate of drug-likeness (QED) is 0.549. The highest BCUT2D eigenvalue weighted by molar-refractivity contribution is 5.83. The lowest BCUT2D eigenvalue weighted by molar-refractivity contribution is 0.152.